The van der Waals surface area contributed by atoms with Crippen molar-refractivity contribution in [1.82, 2.24) is 20.4 Å². The van der Waals surface area contributed by atoms with Crippen molar-refractivity contribution in [1.29, 1.82) is 0 Å². The van der Waals surface area contributed by atoms with E-state index in [4.69, 9.17) is 0 Å². The zero-order valence-electron chi connectivity index (χ0n) is 16.0. The summed E-state index contributed by atoms with van der Waals surface area (Å²) in [5, 5.41) is 6.83. The normalized spacial score (nSPS) is 16.8. The lowest BCUT2D eigenvalue weighted by Gasteiger charge is -2.32. The smallest absolute Gasteiger partial charge is 0.190 e. The highest BCUT2D eigenvalue weighted by atomic mass is 15.2. The van der Waals surface area contributed by atoms with Crippen molar-refractivity contribution >= 4 is 5.96 Å². The maximum atomic E-state index is 4.31. The van der Waals surface area contributed by atoms with Gasteiger partial charge in [-0.2, -0.15) is 0 Å². The second kappa shape index (κ2) is 11.9. The third-order valence-electron chi connectivity index (χ3n) is 4.79. The molecule has 0 aromatic heterocycles. The second-order valence-corrected chi connectivity index (χ2v) is 6.87. The molecule has 0 unspecified atom stereocenters. The Balaban J connectivity index is 1.47. The minimum absolute atomic E-state index is 0.924. The van der Waals surface area contributed by atoms with Crippen LogP contribution in [-0.4, -0.2) is 75.7 Å². The molecule has 0 radical (unpaired) electrons. The van der Waals surface area contributed by atoms with Gasteiger partial charge < -0.3 is 20.4 Å². The van der Waals surface area contributed by atoms with Gasteiger partial charge in [0.1, 0.15) is 0 Å². The van der Waals surface area contributed by atoms with E-state index in [1.165, 1.54) is 51.1 Å². The molecule has 1 heterocycles. The van der Waals surface area contributed by atoms with Crippen molar-refractivity contribution in [3.63, 3.8) is 0 Å². The Kier molecular flexibility index (Phi) is 9.37. The Morgan fingerprint density at radius 2 is 1.64 bits per heavy atom. The predicted octanol–water partition coefficient (Wildman–Crippen LogP) is 1.81. The molecule has 1 aliphatic rings. The fourth-order valence-corrected chi connectivity index (χ4v) is 3.10. The molecule has 0 amide bonds. The van der Waals surface area contributed by atoms with Gasteiger partial charge in [0.2, 0.25) is 0 Å². The number of nitrogens with zero attached hydrogens (tertiary/aromatic N) is 3. The van der Waals surface area contributed by atoms with Crippen LogP contribution >= 0.6 is 0 Å². The van der Waals surface area contributed by atoms with Crippen LogP contribution in [0.1, 0.15) is 24.8 Å². The quantitative estimate of drug-likeness (QED) is 0.407. The summed E-state index contributed by atoms with van der Waals surface area (Å²) in [4.78, 5) is 9.30. The average Bonchev–Trinajstić information content (AvgIpc) is 2.65. The van der Waals surface area contributed by atoms with E-state index in [-0.39, 0.29) is 0 Å². The van der Waals surface area contributed by atoms with E-state index in [9.17, 15) is 0 Å². The molecule has 140 valence electrons. The molecule has 1 fully saturated rings. The van der Waals surface area contributed by atoms with E-state index in [2.05, 4.69) is 62.8 Å². The van der Waals surface area contributed by atoms with Crippen LogP contribution in [-0.2, 0) is 6.42 Å². The number of likely N-dealkylation sites (N-methyl/N-ethyl adjacent to an activating group) is 1. The minimum Gasteiger partial charge on any atom is -0.356 e. The zero-order chi connectivity index (χ0) is 17.7. The van der Waals surface area contributed by atoms with Crippen molar-refractivity contribution in [2.75, 3.05) is 59.9 Å². The Labute approximate surface area is 153 Å². The molecule has 0 spiro atoms. The first-order valence-corrected chi connectivity index (χ1v) is 9.67. The van der Waals surface area contributed by atoms with Gasteiger partial charge >= 0.3 is 0 Å². The van der Waals surface area contributed by atoms with Crippen molar-refractivity contribution in [3.05, 3.63) is 35.9 Å². The average molecular weight is 346 g/mol. The highest BCUT2D eigenvalue weighted by Gasteiger charge is 2.12. The summed E-state index contributed by atoms with van der Waals surface area (Å²) in [5.41, 5.74) is 1.40. The van der Waals surface area contributed by atoms with Crippen LogP contribution in [0.3, 0.4) is 0 Å². The molecule has 0 saturated carbocycles. The number of guanidine groups is 1. The number of piperazine rings is 1. The number of unbranched alkanes of at least 4 members (excludes halogenated alkanes) is 1. The van der Waals surface area contributed by atoms with Crippen molar-refractivity contribution < 1.29 is 0 Å². The van der Waals surface area contributed by atoms with Gasteiger partial charge in [-0.1, -0.05) is 30.3 Å². The van der Waals surface area contributed by atoms with Crippen molar-refractivity contribution in [2.24, 2.45) is 4.99 Å². The van der Waals surface area contributed by atoms with Crippen LogP contribution in [0.25, 0.3) is 0 Å². The third-order valence-corrected chi connectivity index (χ3v) is 4.79. The van der Waals surface area contributed by atoms with Gasteiger partial charge in [0.05, 0.1) is 0 Å². The standard InChI is InChI=1S/C20H35N5/c1-21-20(23-13-8-11-19-9-4-3-5-10-19)22-12-6-7-14-25-17-15-24(2)16-18-25/h3-5,9-10H,6-8,11-18H2,1-2H3,(H2,21,22,23). The van der Waals surface area contributed by atoms with Crippen LogP contribution < -0.4 is 10.6 Å². The number of hydrogen-bond acceptors (Lipinski definition) is 3. The molecule has 2 rings (SSSR count). The SMILES string of the molecule is CN=C(NCCCCN1CCN(C)CC1)NCCCc1ccccc1. The number of rotatable bonds is 9. The summed E-state index contributed by atoms with van der Waals surface area (Å²) in [6, 6.07) is 10.6. The van der Waals surface area contributed by atoms with Gasteiger partial charge in [-0.15, -0.1) is 0 Å². The largest absolute Gasteiger partial charge is 0.356 e. The molecule has 1 saturated heterocycles. The maximum Gasteiger partial charge on any atom is 0.190 e. The Morgan fingerprint density at radius 3 is 2.32 bits per heavy atom. The van der Waals surface area contributed by atoms with E-state index in [0.717, 1.165) is 31.9 Å². The van der Waals surface area contributed by atoms with Crippen LogP contribution in [0.5, 0.6) is 0 Å². The zero-order valence-corrected chi connectivity index (χ0v) is 16.0. The van der Waals surface area contributed by atoms with Crippen molar-refractivity contribution in [2.45, 2.75) is 25.7 Å². The van der Waals surface area contributed by atoms with Crippen LogP contribution in [0.4, 0.5) is 0 Å². The summed E-state index contributed by atoms with van der Waals surface area (Å²) >= 11 is 0. The van der Waals surface area contributed by atoms with Gasteiger partial charge in [0, 0.05) is 46.3 Å². The van der Waals surface area contributed by atoms with E-state index in [1.807, 2.05) is 7.05 Å². The molecular formula is C20H35N5. The number of aliphatic imine (C=N–C) groups is 1. The predicted molar refractivity (Wildman–Crippen MR) is 107 cm³/mol. The van der Waals surface area contributed by atoms with Gasteiger partial charge in [-0.05, 0) is 44.8 Å². The first kappa shape index (κ1) is 19.7. The summed E-state index contributed by atoms with van der Waals surface area (Å²) in [7, 11) is 4.05. The van der Waals surface area contributed by atoms with Gasteiger partial charge in [-0.3, -0.25) is 4.99 Å². The number of aryl methyl sites for hydroxylation is 1. The van der Waals surface area contributed by atoms with Crippen LogP contribution in [0, 0.1) is 0 Å². The van der Waals surface area contributed by atoms with Gasteiger partial charge in [0.25, 0.3) is 0 Å². The Morgan fingerprint density at radius 1 is 0.960 bits per heavy atom. The monoisotopic (exact) mass is 345 g/mol. The lowest BCUT2D eigenvalue weighted by atomic mass is 10.1. The van der Waals surface area contributed by atoms with Crippen molar-refractivity contribution in [3.8, 4) is 0 Å². The molecule has 0 aliphatic carbocycles. The van der Waals surface area contributed by atoms with E-state index >= 15 is 0 Å². The first-order valence-electron chi connectivity index (χ1n) is 9.67. The van der Waals surface area contributed by atoms with Crippen LogP contribution in [0.2, 0.25) is 0 Å². The highest BCUT2D eigenvalue weighted by molar-refractivity contribution is 5.79. The summed E-state index contributed by atoms with van der Waals surface area (Å²) in [6.07, 6.45) is 4.67. The summed E-state index contributed by atoms with van der Waals surface area (Å²) < 4.78 is 0. The molecule has 2 N–H and O–H groups in total. The lowest BCUT2D eigenvalue weighted by Crippen LogP contribution is -2.44. The molecule has 5 heteroatoms. The number of hydrogen-bond donors (Lipinski definition) is 2. The summed E-state index contributed by atoms with van der Waals surface area (Å²) in [5.74, 6) is 0.924. The molecule has 0 bridgehead atoms. The van der Waals surface area contributed by atoms with Gasteiger partial charge in [0.15, 0.2) is 5.96 Å². The Bertz CT molecular complexity index is 480. The molecule has 5 nitrogen and oxygen atoms in total. The third kappa shape index (κ3) is 8.36. The number of nitrogens with one attached hydrogen (secondary N) is 2. The highest BCUT2D eigenvalue weighted by Crippen LogP contribution is 2.02. The Hall–Kier alpha value is -1.59. The van der Waals surface area contributed by atoms with E-state index in [1.54, 1.807) is 0 Å². The fraction of sp³-hybridized carbons (Fsp3) is 0.650. The van der Waals surface area contributed by atoms with Crippen LogP contribution in [0.15, 0.2) is 35.3 Å². The lowest BCUT2D eigenvalue weighted by molar-refractivity contribution is 0.152. The van der Waals surface area contributed by atoms with Gasteiger partial charge in [-0.25, -0.2) is 0 Å². The second-order valence-electron chi connectivity index (χ2n) is 6.87. The molecule has 1 aromatic carbocycles. The first-order chi connectivity index (χ1) is 12.3. The number of benzene rings is 1. The summed E-state index contributed by atoms with van der Waals surface area (Å²) in [6.45, 7) is 8.01. The molecular weight excluding hydrogens is 310 g/mol. The topological polar surface area (TPSA) is 42.9 Å². The minimum atomic E-state index is 0.924. The van der Waals surface area contributed by atoms with E-state index in [0.29, 0.717) is 0 Å². The fourth-order valence-electron chi connectivity index (χ4n) is 3.10. The van der Waals surface area contributed by atoms with E-state index < -0.39 is 0 Å². The molecule has 1 aromatic rings. The molecule has 25 heavy (non-hydrogen) atoms. The molecule has 1 aliphatic heterocycles. The maximum absolute atomic E-state index is 4.31. The molecule has 0 atom stereocenters.